The summed E-state index contributed by atoms with van der Waals surface area (Å²) in [5.74, 6) is 0.175. The molecule has 0 aliphatic carbocycles. The van der Waals surface area contributed by atoms with Crippen molar-refractivity contribution in [3.05, 3.63) is 29.8 Å². The first-order chi connectivity index (χ1) is 13.9. The number of nitrogens with one attached hydrogen (secondary N) is 1. The average molecular weight is 403 g/mol. The topological polar surface area (TPSA) is 65.1 Å². The van der Waals surface area contributed by atoms with E-state index in [1.54, 1.807) is 0 Å². The SMILES string of the molecule is CCc1ccccc1NC(=O)CN1CCN(C(=O)CN2C[C@H](C)O[C@@H](C)C2)CC1. The van der Waals surface area contributed by atoms with Crippen molar-refractivity contribution in [3.8, 4) is 0 Å². The van der Waals surface area contributed by atoms with Gasteiger partial charge in [-0.3, -0.25) is 19.4 Å². The van der Waals surface area contributed by atoms with E-state index in [2.05, 4.69) is 35.9 Å². The molecule has 1 N–H and O–H groups in total. The van der Waals surface area contributed by atoms with Gasteiger partial charge in [-0.25, -0.2) is 0 Å². The quantitative estimate of drug-likeness (QED) is 0.780. The summed E-state index contributed by atoms with van der Waals surface area (Å²) < 4.78 is 5.74. The lowest BCUT2D eigenvalue weighted by atomic mass is 10.1. The van der Waals surface area contributed by atoms with Gasteiger partial charge >= 0.3 is 0 Å². The van der Waals surface area contributed by atoms with E-state index in [1.807, 2.05) is 29.2 Å². The van der Waals surface area contributed by atoms with Gasteiger partial charge in [0.25, 0.3) is 0 Å². The Labute approximate surface area is 174 Å². The maximum Gasteiger partial charge on any atom is 0.238 e. The summed E-state index contributed by atoms with van der Waals surface area (Å²) in [5, 5.41) is 3.03. The molecule has 7 heteroatoms. The van der Waals surface area contributed by atoms with Gasteiger partial charge in [-0.2, -0.15) is 0 Å². The number of nitrogens with zero attached hydrogens (tertiary/aromatic N) is 3. The molecule has 1 aromatic rings. The van der Waals surface area contributed by atoms with E-state index in [-0.39, 0.29) is 24.0 Å². The molecule has 0 saturated carbocycles. The van der Waals surface area contributed by atoms with Crippen molar-refractivity contribution in [3.63, 3.8) is 0 Å². The van der Waals surface area contributed by atoms with Crippen LogP contribution in [-0.4, -0.2) is 91.1 Å². The lowest BCUT2D eigenvalue weighted by molar-refractivity contribution is -0.137. The summed E-state index contributed by atoms with van der Waals surface area (Å²) in [6, 6.07) is 7.91. The second-order valence-corrected chi connectivity index (χ2v) is 8.17. The molecule has 2 aliphatic rings. The molecule has 29 heavy (non-hydrogen) atoms. The van der Waals surface area contributed by atoms with E-state index >= 15 is 0 Å². The number of ether oxygens (including phenoxy) is 1. The Morgan fingerprint density at radius 2 is 1.66 bits per heavy atom. The zero-order valence-corrected chi connectivity index (χ0v) is 17.9. The van der Waals surface area contributed by atoms with Crippen molar-refractivity contribution in [1.82, 2.24) is 14.7 Å². The Balaban J connectivity index is 1.41. The van der Waals surface area contributed by atoms with Crippen LogP contribution in [0.5, 0.6) is 0 Å². The number of carbonyl (C=O) groups is 2. The minimum atomic E-state index is 0.00182. The molecule has 0 aromatic heterocycles. The predicted octanol–water partition coefficient (Wildman–Crippen LogP) is 1.44. The first-order valence-corrected chi connectivity index (χ1v) is 10.7. The Morgan fingerprint density at radius 3 is 2.31 bits per heavy atom. The average Bonchev–Trinajstić information content (AvgIpc) is 2.68. The number of morpholine rings is 1. The summed E-state index contributed by atoms with van der Waals surface area (Å²) >= 11 is 0. The first-order valence-electron chi connectivity index (χ1n) is 10.7. The molecule has 2 saturated heterocycles. The van der Waals surface area contributed by atoms with Crippen LogP contribution in [0.1, 0.15) is 26.3 Å². The van der Waals surface area contributed by atoms with E-state index in [0.717, 1.165) is 43.9 Å². The second-order valence-electron chi connectivity index (χ2n) is 8.17. The Morgan fingerprint density at radius 1 is 1.00 bits per heavy atom. The highest BCUT2D eigenvalue weighted by Gasteiger charge is 2.27. The summed E-state index contributed by atoms with van der Waals surface area (Å²) in [6.45, 7) is 11.4. The zero-order valence-electron chi connectivity index (χ0n) is 17.9. The molecule has 0 radical (unpaired) electrons. The molecule has 2 atom stereocenters. The molecule has 0 bridgehead atoms. The fourth-order valence-electron chi connectivity index (χ4n) is 4.20. The number of para-hydroxylation sites is 1. The van der Waals surface area contributed by atoms with Crippen molar-refractivity contribution < 1.29 is 14.3 Å². The van der Waals surface area contributed by atoms with Crippen LogP contribution in [0, 0.1) is 0 Å². The zero-order chi connectivity index (χ0) is 20.8. The van der Waals surface area contributed by atoms with Crippen LogP contribution < -0.4 is 5.32 Å². The molecule has 2 heterocycles. The molecule has 2 fully saturated rings. The smallest absolute Gasteiger partial charge is 0.238 e. The molecule has 0 unspecified atom stereocenters. The van der Waals surface area contributed by atoms with Crippen LogP contribution in [0.4, 0.5) is 5.69 Å². The molecular weight excluding hydrogens is 368 g/mol. The van der Waals surface area contributed by atoms with Crippen molar-refractivity contribution in [2.45, 2.75) is 39.4 Å². The number of rotatable bonds is 6. The standard InChI is InChI=1S/C22H34N4O3/c1-4-19-7-5-6-8-20(19)23-21(27)15-24-9-11-26(12-10-24)22(28)16-25-13-17(2)29-18(3)14-25/h5-8,17-18H,4,9-16H2,1-3H3,(H,23,27)/t17-,18-/m0/s1. The van der Waals surface area contributed by atoms with Gasteiger partial charge < -0.3 is 15.0 Å². The summed E-state index contributed by atoms with van der Waals surface area (Å²) in [7, 11) is 0. The molecule has 2 amide bonds. The third-order valence-electron chi connectivity index (χ3n) is 5.62. The Hall–Kier alpha value is -1.96. The van der Waals surface area contributed by atoms with E-state index in [4.69, 9.17) is 4.74 Å². The lowest BCUT2D eigenvalue weighted by Crippen LogP contribution is -2.54. The van der Waals surface area contributed by atoms with Crippen LogP contribution in [0.25, 0.3) is 0 Å². The summed E-state index contributed by atoms with van der Waals surface area (Å²) in [4.78, 5) is 31.3. The predicted molar refractivity (Wildman–Crippen MR) is 114 cm³/mol. The van der Waals surface area contributed by atoms with E-state index < -0.39 is 0 Å². The minimum absolute atomic E-state index is 0.00182. The Bertz CT molecular complexity index is 693. The van der Waals surface area contributed by atoms with Crippen molar-refractivity contribution >= 4 is 17.5 Å². The second kappa shape index (κ2) is 10.2. The third-order valence-corrected chi connectivity index (χ3v) is 5.62. The molecule has 0 spiro atoms. The highest BCUT2D eigenvalue weighted by atomic mass is 16.5. The number of carbonyl (C=O) groups excluding carboxylic acids is 2. The molecular formula is C22H34N4O3. The first kappa shape index (κ1) is 21.7. The van der Waals surface area contributed by atoms with Gasteiger partial charge in [0.2, 0.25) is 11.8 Å². The normalized spacial score (nSPS) is 23.8. The maximum absolute atomic E-state index is 12.7. The summed E-state index contributed by atoms with van der Waals surface area (Å²) in [5.41, 5.74) is 2.03. The van der Waals surface area contributed by atoms with Crippen molar-refractivity contribution in [1.29, 1.82) is 0 Å². The minimum Gasteiger partial charge on any atom is -0.373 e. The molecule has 160 valence electrons. The maximum atomic E-state index is 12.7. The van der Waals surface area contributed by atoms with Gasteiger partial charge in [-0.15, -0.1) is 0 Å². The van der Waals surface area contributed by atoms with Gasteiger partial charge in [-0.05, 0) is 31.9 Å². The van der Waals surface area contributed by atoms with Crippen LogP contribution >= 0.6 is 0 Å². The highest BCUT2D eigenvalue weighted by molar-refractivity contribution is 5.93. The third kappa shape index (κ3) is 6.26. The monoisotopic (exact) mass is 402 g/mol. The van der Waals surface area contributed by atoms with Crippen molar-refractivity contribution in [2.75, 3.05) is 57.7 Å². The number of hydrogen-bond acceptors (Lipinski definition) is 5. The Kier molecular flexibility index (Phi) is 7.64. The molecule has 7 nitrogen and oxygen atoms in total. The van der Waals surface area contributed by atoms with Crippen molar-refractivity contribution in [2.24, 2.45) is 0 Å². The van der Waals surface area contributed by atoms with Gasteiger partial charge in [0.15, 0.2) is 0 Å². The highest BCUT2D eigenvalue weighted by Crippen LogP contribution is 2.16. The number of aryl methyl sites for hydroxylation is 1. The number of hydrogen-bond donors (Lipinski definition) is 1. The fraction of sp³-hybridized carbons (Fsp3) is 0.636. The van der Waals surface area contributed by atoms with Crippen LogP contribution in [0.15, 0.2) is 24.3 Å². The largest absolute Gasteiger partial charge is 0.373 e. The number of amides is 2. The van der Waals surface area contributed by atoms with Crippen LogP contribution in [0.2, 0.25) is 0 Å². The number of anilines is 1. The van der Waals surface area contributed by atoms with E-state index in [9.17, 15) is 9.59 Å². The van der Waals surface area contributed by atoms with Gasteiger partial charge in [0, 0.05) is 45.0 Å². The van der Waals surface area contributed by atoms with Crippen LogP contribution in [0.3, 0.4) is 0 Å². The molecule has 1 aromatic carbocycles. The van der Waals surface area contributed by atoms with Gasteiger partial charge in [-0.1, -0.05) is 25.1 Å². The lowest BCUT2D eigenvalue weighted by Gasteiger charge is -2.38. The molecule has 2 aliphatic heterocycles. The fourth-order valence-corrected chi connectivity index (χ4v) is 4.20. The number of benzene rings is 1. The van der Waals surface area contributed by atoms with Crippen LogP contribution in [-0.2, 0) is 20.7 Å². The number of piperazine rings is 1. The van der Waals surface area contributed by atoms with E-state index in [1.165, 1.54) is 0 Å². The summed E-state index contributed by atoms with van der Waals surface area (Å²) in [6.07, 6.45) is 1.22. The van der Waals surface area contributed by atoms with E-state index in [0.29, 0.717) is 26.2 Å². The molecule has 3 rings (SSSR count). The van der Waals surface area contributed by atoms with Gasteiger partial charge in [0.05, 0.1) is 25.3 Å². The van der Waals surface area contributed by atoms with Gasteiger partial charge in [0.1, 0.15) is 0 Å².